The summed E-state index contributed by atoms with van der Waals surface area (Å²) in [5.41, 5.74) is -0.139. The molecule has 1 aromatic rings. The van der Waals surface area contributed by atoms with Gasteiger partial charge in [-0.2, -0.15) is 0 Å². The molecule has 7 heteroatoms. The first-order valence-electron chi connectivity index (χ1n) is 9.55. The van der Waals surface area contributed by atoms with Gasteiger partial charge in [-0.15, -0.1) is 0 Å². The highest BCUT2D eigenvalue weighted by molar-refractivity contribution is 5.94. The molecule has 0 saturated carbocycles. The minimum atomic E-state index is -0.823. The van der Waals surface area contributed by atoms with E-state index in [-0.39, 0.29) is 36.3 Å². The van der Waals surface area contributed by atoms with Gasteiger partial charge in [0.1, 0.15) is 11.4 Å². The number of hydrogen-bond acceptors (Lipinski definition) is 5. The number of esters is 1. The number of hydrogen-bond donors (Lipinski definition) is 1. The number of benzene rings is 1. The number of carbonyl (C=O) groups excluding carboxylic acids is 2. The summed E-state index contributed by atoms with van der Waals surface area (Å²) in [5.74, 6) is -1.78. The molecular weight excluding hydrogens is 365 g/mol. The monoisotopic (exact) mass is 395 g/mol. The molecule has 1 saturated heterocycles. The molecule has 1 amide bonds. The van der Waals surface area contributed by atoms with Crippen LogP contribution in [-0.2, 0) is 19.0 Å². The maximum Gasteiger partial charge on any atom is 0.308 e. The van der Waals surface area contributed by atoms with Gasteiger partial charge >= 0.3 is 5.97 Å². The van der Waals surface area contributed by atoms with Crippen molar-refractivity contribution in [2.75, 3.05) is 6.54 Å². The summed E-state index contributed by atoms with van der Waals surface area (Å²) in [7, 11) is 0. The predicted octanol–water partition coefficient (Wildman–Crippen LogP) is 3.59. The van der Waals surface area contributed by atoms with E-state index in [1.807, 2.05) is 20.8 Å². The zero-order valence-electron chi connectivity index (χ0n) is 17.2. The second kappa shape index (κ2) is 9.01. The van der Waals surface area contributed by atoms with Crippen molar-refractivity contribution in [3.05, 3.63) is 35.6 Å². The minimum absolute atomic E-state index is 0.155. The third kappa shape index (κ3) is 7.56. The van der Waals surface area contributed by atoms with Crippen molar-refractivity contribution >= 4 is 11.9 Å². The molecule has 0 aromatic heterocycles. The van der Waals surface area contributed by atoms with Crippen LogP contribution in [0.15, 0.2) is 24.3 Å². The van der Waals surface area contributed by atoms with Crippen molar-refractivity contribution in [1.29, 1.82) is 0 Å². The summed E-state index contributed by atoms with van der Waals surface area (Å²) >= 11 is 0. The molecule has 156 valence electrons. The molecule has 1 fully saturated rings. The molecule has 0 aliphatic carbocycles. The fraction of sp³-hybridized carbons (Fsp3) is 0.619. The molecule has 2 rings (SSSR count). The predicted molar refractivity (Wildman–Crippen MR) is 102 cm³/mol. The summed E-state index contributed by atoms with van der Waals surface area (Å²) in [6, 6.07) is 5.38. The van der Waals surface area contributed by atoms with Crippen LogP contribution in [-0.4, -0.2) is 42.0 Å². The average Bonchev–Trinajstić information content (AvgIpc) is 2.51. The fourth-order valence-electron chi connectivity index (χ4n) is 3.14. The van der Waals surface area contributed by atoms with E-state index in [0.29, 0.717) is 24.9 Å². The smallest absolute Gasteiger partial charge is 0.308 e. The lowest BCUT2D eigenvalue weighted by molar-refractivity contribution is -0.300. The topological polar surface area (TPSA) is 73.9 Å². The van der Waals surface area contributed by atoms with Crippen LogP contribution in [0.3, 0.4) is 0 Å². The second-order valence-corrected chi connectivity index (χ2v) is 8.46. The van der Waals surface area contributed by atoms with E-state index in [0.717, 1.165) is 0 Å². The van der Waals surface area contributed by atoms with Crippen LogP contribution < -0.4 is 5.32 Å². The summed E-state index contributed by atoms with van der Waals surface area (Å²) in [6.45, 7) is 9.48. The third-order valence-corrected chi connectivity index (χ3v) is 4.10. The number of nitrogens with one attached hydrogen (secondary N) is 1. The van der Waals surface area contributed by atoms with Crippen LogP contribution in [0.1, 0.15) is 64.2 Å². The molecule has 1 aliphatic rings. The number of rotatable bonds is 6. The van der Waals surface area contributed by atoms with E-state index < -0.39 is 11.4 Å². The molecule has 0 unspecified atom stereocenters. The van der Waals surface area contributed by atoms with E-state index in [9.17, 15) is 14.0 Å². The summed E-state index contributed by atoms with van der Waals surface area (Å²) in [6.07, 6.45) is 0.795. The van der Waals surface area contributed by atoms with Crippen LogP contribution in [0.4, 0.5) is 4.39 Å². The maximum absolute atomic E-state index is 12.9. The van der Waals surface area contributed by atoms with E-state index in [2.05, 4.69) is 5.32 Å². The first-order valence-corrected chi connectivity index (χ1v) is 9.55. The Balaban J connectivity index is 1.84. The Morgan fingerprint density at radius 3 is 2.39 bits per heavy atom. The third-order valence-electron chi connectivity index (χ3n) is 4.10. The van der Waals surface area contributed by atoms with Gasteiger partial charge in [-0.1, -0.05) is 0 Å². The Kier molecular flexibility index (Phi) is 7.17. The van der Waals surface area contributed by atoms with Crippen LogP contribution in [0.25, 0.3) is 0 Å². The normalized spacial score (nSPS) is 21.8. The van der Waals surface area contributed by atoms with Gasteiger partial charge in [0.15, 0.2) is 5.79 Å². The molecule has 28 heavy (non-hydrogen) atoms. The van der Waals surface area contributed by atoms with Gasteiger partial charge in [0.05, 0.1) is 18.6 Å². The summed E-state index contributed by atoms with van der Waals surface area (Å²) < 4.78 is 30.1. The van der Waals surface area contributed by atoms with Gasteiger partial charge in [0.2, 0.25) is 0 Å². The van der Waals surface area contributed by atoms with Crippen molar-refractivity contribution in [3.8, 4) is 0 Å². The molecule has 2 atom stereocenters. The molecular formula is C21H30FNO5. The van der Waals surface area contributed by atoms with Gasteiger partial charge in [-0.3, -0.25) is 9.59 Å². The van der Waals surface area contributed by atoms with E-state index in [1.54, 1.807) is 13.8 Å². The SMILES string of the molecule is CC(C)(C)OC(=O)C[C@H]1C[C@@H](CCNC(=O)c2ccc(F)cc2)OC(C)(C)O1. The average molecular weight is 395 g/mol. The van der Waals surface area contributed by atoms with Gasteiger partial charge in [0.25, 0.3) is 5.91 Å². The van der Waals surface area contributed by atoms with Crippen LogP contribution in [0, 0.1) is 5.82 Å². The largest absolute Gasteiger partial charge is 0.460 e. The second-order valence-electron chi connectivity index (χ2n) is 8.46. The first kappa shape index (κ1) is 22.3. The molecule has 1 aromatic carbocycles. The number of amides is 1. The quantitative estimate of drug-likeness (QED) is 0.745. The van der Waals surface area contributed by atoms with E-state index >= 15 is 0 Å². The lowest BCUT2D eigenvalue weighted by Crippen LogP contribution is -2.46. The van der Waals surface area contributed by atoms with Crippen molar-refractivity contribution < 1.29 is 28.2 Å². The summed E-state index contributed by atoms with van der Waals surface area (Å²) in [4.78, 5) is 24.2. The minimum Gasteiger partial charge on any atom is -0.460 e. The zero-order chi connectivity index (χ0) is 20.9. The Labute approximate surface area is 165 Å². The number of carbonyl (C=O) groups is 2. The van der Waals surface area contributed by atoms with Gasteiger partial charge in [0, 0.05) is 18.5 Å². The Bertz CT molecular complexity index is 681. The molecule has 0 radical (unpaired) electrons. The highest BCUT2D eigenvalue weighted by atomic mass is 19.1. The van der Waals surface area contributed by atoms with Crippen LogP contribution in [0.2, 0.25) is 0 Å². The molecule has 1 N–H and O–H groups in total. The molecule has 6 nitrogen and oxygen atoms in total. The molecule has 1 heterocycles. The van der Waals surface area contributed by atoms with Crippen molar-refractivity contribution in [2.45, 2.75) is 77.5 Å². The van der Waals surface area contributed by atoms with Gasteiger partial charge < -0.3 is 19.5 Å². The van der Waals surface area contributed by atoms with Crippen molar-refractivity contribution in [2.24, 2.45) is 0 Å². The zero-order valence-corrected chi connectivity index (χ0v) is 17.2. The number of halogens is 1. The first-order chi connectivity index (χ1) is 12.9. The standard InChI is InChI=1S/C21H30FNO5/c1-20(2,3)28-18(24)13-17-12-16(26-21(4,5)27-17)10-11-23-19(25)14-6-8-15(22)9-7-14/h6-9,16-17H,10-13H2,1-5H3,(H,23,25)/t16-,17-/m1/s1. The lowest BCUT2D eigenvalue weighted by Gasteiger charge is -2.40. The van der Waals surface area contributed by atoms with Crippen LogP contribution >= 0.6 is 0 Å². The summed E-state index contributed by atoms with van der Waals surface area (Å²) in [5, 5.41) is 2.81. The number of ether oxygens (including phenoxy) is 3. The highest BCUT2D eigenvalue weighted by Crippen LogP contribution is 2.30. The van der Waals surface area contributed by atoms with Crippen LogP contribution in [0.5, 0.6) is 0 Å². The fourth-order valence-corrected chi connectivity index (χ4v) is 3.14. The van der Waals surface area contributed by atoms with Crippen molar-refractivity contribution in [3.63, 3.8) is 0 Å². The van der Waals surface area contributed by atoms with E-state index in [1.165, 1.54) is 24.3 Å². The Morgan fingerprint density at radius 1 is 1.18 bits per heavy atom. The Hall–Kier alpha value is -1.99. The van der Waals surface area contributed by atoms with E-state index in [4.69, 9.17) is 14.2 Å². The molecule has 0 bridgehead atoms. The Morgan fingerprint density at radius 2 is 1.79 bits per heavy atom. The molecule has 0 spiro atoms. The van der Waals surface area contributed by atoms with Gasteiger partial charge in [-0.25, -0.2) is 4.39 Å². The highest BCUT2D eigenvalue weighted by Gasteiger charge is 2.36. The maximum atomic E-state index is 12.9. The van der Waals surface area contributed by atoms with Crippen molar-refractivity contribution in [1.82, 2.24) is 5.32 Å². The molecule has 1 aliphatic heterocycles. The lowest BCUT2D eigenvalue weighted by atomic mass is 10.0. The van der Waals surface area contributed by atoms with Gasteiger partial charge in [-0.05, 0) is 65.3 Å².